The topological polar surface area (TPSA) is 85.5 Å². The summed E-state index contributed by atoms with van der Waals surface area (Å²) >= 11 is 4.27. The number of hydrogen-bond acceptors (Lipinski definition) is 6. The molecule has 0 aliphatic rings. The molecule has 1 heterocycles. The zero-order valence-corrected chi connectivity index (χ0v) is 15.3. The van der Waals surface area contributed by atoms with E-state index in [4.69, 9.17) is 9.15 Å². The summed E-state index contributed by atoms with van der Waals surface area (Å²) in [6.07, 6.45) is 3.71. The summed E-state index contributed by atoms with van der Waals surface area (Å²) in [7, 11) is 0. The van der Waals surface area contributed by atoms with Gasteiger partial charge in [-0.25, -0.2) is 4.79 Å². The fourth-order valence-corrected chi connectivity index (χ4v) is 2.76. The molecule has 2 aromatic rings. The molecule has 0 atom stereocenters. The van der Waals surface area contributed by atoms with Crippen molar-refractivity contribution in [2.75, 3.05) is 6.61 Å². The molecule has 1 aromatic carbocycles. The molecule has 0 bridgehead atoms. The number of ether oxygens (including phenoxy) is 1. The molecule has 6 nitrogen and oxygen atoms in total. The second-order valence-electron chi connectivity index (χ2n) is 4.51. The molecule has 2 rings (SSSR count). The van der Waals surface area contributed by atoms with E-state index in [2.05, 4.69) is 32.7 Å². The largest absolute Gasteiger partial charge is 0.489 e. The zero-order valence-electron chi connectivity index (χ0n) is 12.9. The van der Waals surface area contributed by atoms with Crippen LogP contribution in [0.5, 0.6) is 5.75 Å². The summed E-state index contributed by atoms with van der Waals surface area (Å²) in [6.45, 7) is 5.80. The first-order valence-corrected chi connectivity index (χ1v) is 8.63. The van der Waals surface area contributed by atoms with Crippen LogP contribution in [0.1, 0.15) is 18.4 Å². The third kappa shape index (κ3) is 4.97. The van der Waals surface area contributed by atoms with Crippen LogP contribution in [0.15, 0.2) is 49.9 Å². The smallest absolute Gasteiger partial charge is 0.342 e. The number of halogens is 1. The minimum Gasteiger partial charge on any atom is -0.489 e. The standard InChI is InChI=1S/C16H15BrN2O4S/c1-3-7-22-12-6-5-11(17)8-10(12)9-13(15(20)21)24-16-19-18-14(4-2)23-16/h3,5-6,8-9H,1,4,7H2,2H3,(H,20,21)/b13-9-. The molecule has 0 amide bonds. The molecular weight excluding hydrogens is 396 g/mol. The first kappa shape index (κ1) is 18.3. The van der Waals surface area contributed by atoms with Gasteiger partial charge in [0.1, 0.15) is 17.3 Å². The molecule has 1 aromatic heterocycles. The van der Waals surface area contributed by atoms with Gasteiger partial charge < -0.3 is 14.3 Å². The second kappa shape index (κ2) is 8.70. The quantitative estimate of drug-likeness (QED) is 0.396. The van der Waals surface area contributed by atoms with Crippen molar-refractivity contribution in [1.29, 1.82) is 0 Å². The Morgan fingerprint density at radius 2 is 2.29 bits per heavy atom. The van der Waals surface area contributed by atoms with E-state index in [1.54, 1.807) is 18.2 Å². The van der Waals surface area contributed by atoms with E-state index in [0.29, 0.717) is 30.2 Å². The highest BCUT2D eigenvalue weighted by atomic mass is 79.9. The van der Waals surface area contributed by atoms with Crippen LogP contribution < -0.4 is 4.74 Å². The molecule has 8 heteroatoms. The number of aromatic nitrogens is 2. The summed E-state index contributed by atoms with van der Waals surface area (Å²) in [5, 5.41) is 17.3. The molecule has 0 spiro atoms. The Morgan fingerprint density at radius 1 is 1.50 bits per heavy atom. The fraction of sp³-hybridized carbons (Fsp3) is 0.188. The molecule has 0 fully saturated rings. The van der Waals surface area contributed by atoms with Gasteiger partial charge in [-0.1, -0.05) is 35.5 Å². The lowest BCUT2D eigenvalue weighted by atomic mass is 10.2. The number of aliphatic carboxylic acids is 1. The van der Waals surface area contributed by atoms with E-state index in [9.17, 15) is 9.90 Å². The zero-order chi connectivity index (χ0) is 17.5. The van der Waals surface area contributed by atoms with Gasteiger partial charge in [0, 0.05) is 16.5 Å². The average Bonchev–Trinajstić information content (AvgIpc) is 3.01. The van der Waals surface area contributed by atoms with Crippen molar-refractivity contribution in [3.63, 3.8) is 0 Å². The Labute approximate surface area is 151 Å². The number of benzene rings is 1. The number of carboxylic acids is 1. The highest BCUT2D eigenvalue weighted by molar-refractivity contribution is 9.10. The van der Waals surface area contributed by atoms with E-state index >= 15 is 0 Å². The lowest BCUT2D eigenvalue weighted by Gasteiger charge is -2.08. The summed E-state index contributed by atoms with van der Waals surface area (Å²) in [5.74, 6) is -0.0807. The third-order valence-electron chi connectivity index (χ3n) is 2.77. The predicted molar refractivity (Wildman–Crippen MR) is 95.0 cm³/mol. The highest BCUT2D eigenvalue weighted by Crippen LogP contribution is 2.31. The van der Waals surface area contributed by atoms with Gasteiger partial charge in [-0.3, -0.25) is 0 Å². The number of aryl methyl sites for hydroxylation is 1. The number of nitrogens with zero attached hydrogens (tertiary/aromatic N) is 2. The van der Waals surface area contributed by atoms with E-state index < -0.39 is 5.97 Å². The van der Waals surface area contributed by atoms with Gasteiger partial charge in [0.05, 0.1) is 0 Å². The van der Waals surface area contributed by atoms with E-state index in [1.807, 2.05) is 13.0 Å². The average molecular weight is 411 g/mol. The van der Waals surface area contributed by atoms with Crippen molar-refractivity contribution >= 4 is 39.7 Å². The molecule has 24 heavy (non-hydrogen) atoms. The van der Waals surface area contributed by atoms with Crippen molar-refractivity contribution in [2.45, 2.75) is 18.6 Å². The Balaban J connectivity index is 2.34. The molecule has 0 aliphatic heterocycles. The summed E-state index contributed by atoms with van der Waals surface area (Å²) < 4.78 is 11.7. The van der Waals surface area contributed by atoms with Gasteiger partial charge >= 0.3 is 5.97 Å². The lowest BCUT2D eigenvalue weighted by molar-refractivity contribution is -0.131. The Kier molecular flexibility index (Phi) is 6.62. The van der Waals surface area contributed by atoms with E-state index in [1.165, 1.54) is 6.08 Å². The number of rotatable bonds is 8. The first-order valence-electron chi connectivity index (χ1n) is 7.02. The fourth-order valence-electron chi connectivity index (χ4n) is 1.70. The lowest BCUT2D eigenvalue weighted by Crippen LogP contribution is -1.99. The van der Waals surface area contributed by atoms with Gasteiger partial charge in [-0.2, -0.15) is 0 Å². The van der Waals surface area contributed by atoms with Crippen LogP contribution >= 0.6 is 27.7 Å². The van der Waals surface area contributed by atoms with Gasteiger partial charge in [0.2, 0.25) is 5.89 Å². The molecule has 0 saturated heterocycles. The van der Waals surface area contributed by atoms with E-state index in [0.717, 1.165) is 16.2 Å². The van der Waals surface area contributed by atoms with Crippen LogP contribution in [-0.2, 0) is 11.2 Å². The highest BCUT2D eigenvalue weighted by Gasteiger charge is 2.16. The minimum atomic E-state index is -1.09. The van der Waals surface area contributed by atoms with Crippen LogP contribution in [0.25, 0.3) is 6.08 Å². The number of carbonyl (C=O) groups is 1. The summed E-state index contributed by atoms with van der Waals surface area (Å²) in [4.78, 5) is 11.6. The van der Waals surface area contributed by atoms with Crippen LogP contribution in [-0.4, -0.2) is 27.9 Å². The first-order chi connectivity index (χ1) is 11.5. The minimum absolute atomic E-state index is 0.0443. The maximum Gasteiger partial charge on any atom is 0.342 e. The van der Waals surface area contributed by atoms with Gasteiger partial charge in [-0.05, 0) is 36.0 Å². The van der Waals surface area contributed by atoms with Crippen molar-refractivity contribution < 1.29 is 19.1 Å². The number of thioether (sulfide) groups is 1. The summed E-state index contributed by atoms with van der Waals surface area (Å²) in [5.41, 5.74) is 0.617. The van der Waals surface area contributed by atoms with Gasteiger partial charge in [0.15, 0.2) is 0 Å². The number of hydrogen-bond donors (Lipinski definition) is 1. The molecular formula is C16H15BrN2O4S. The Hall–Kier alpha value is -2.06. The van der Waals surface area contributed by atoms with Gasteiger partial charge in [-0.15, -0.1) is 10.2 Å². The van der Waals surface area contributed by atoms with E-state index in [-0.39, 0.29) is 10.1 Å². The van der Waals surface area contributed by atoms with Crippen molar-refractivity contribution in [2.24, 2.45) is 0 Å². The van der Waals surface area contributed by atoms with Crippen LogP contribution in [0.2, 0.25) is 0 Å². The molecule has 0 radical (unpaired) electrons. The molecule has 0 saturated carbocycles. The molecule has 0 unspecified atom stereocenters. The molecule has 126 valence electrons. The van der Waals surface area contributed by atoms with Crippen molar-refractivity contribution in [3.8, 4) is 5.75 Å². The maximum absolute atomic E-state index is 11.5. The van der Waals surface area contributed by atoms with Crippen molar-refractivity contribution in [3.05, 3.63) is 51.7 Å². The SMILES string of the molecule is C=CCOc1ccc(Br)cc1/C=C(\Sc1nnc(CC)o1)C(=O)O. The summed E-state index contributed by atoms with van der Waals surface area (Å²) in [6, 6.07) is 5.34. The predicted octanol–water partition coefficient (Wildman–Crippen LogP) is 4.18. The molecule has 0 aliphatic carbocycles. The van der Waals surface area contributed by atoms with Crippen molar-refractivity contribution in [1.82, 2.24) is 10.2 Å². The number of carboxylic acid groups (broad SMARTS) is 1. The normalized spacial score (nSPS) is 11.3. The maximum atomic E-state index is 11.5. The van der Waals surface area contributed by atoms with Gasteiger partial charge in [0.25, 0.3) is 5.22 Å². The third-order valence-corrected chi connectivity index (χ3v) is 4.12. The van der Waals surface area contributed by atoms with Crippen LogP contribution in [0, 0.1) is 0 Å². The second-order valence-corrected chi connectivity index (χ2v) is 6.42. The van der Waals surface area contributed by atoms with Crippen LogP contribution in [0.4, 0.5) is 0 Å². The Morgan fingerprint density at radius 3 is 2.92 bits per heavy atom. The van der Waals surface area contributed by atoms with Crippen LogP contribution in [0.3, 0.4) is 0 Å². The monoisotopic (exact) mass is 410 g/mol. The Bertz CT molecular complexity index is 773. The molecule has 1 N–H and O–H groups in total.